The number of hydrogen-bond donors (Lipinski definition) is 2. The smallest absolute Gasteiger partial charge is 0.337 e. The number of nitrogens with one attached hydrogen (secondary N) is 1. The Morgan fingerprint density at radius 1 is 1.21 bits per heavy atom. The summed E-state index contributed by atoms with van der Waals surface area (Å²) in [5.74, 6) is -2.28. The third-order valence-corrected chi connectivity index (χ3v) is 2.20. The van der Waals surface area contributed by atoms with Gasteiger partial charge in [0.25, 0.3) is 5.91 Å². The standard InChI is InChI=1S/C12H8FN3O3/c13-8-1-2-10(15-5-8)11(17)16-9-3-7(12(18)19)4-14-6-9/h1-6H,(H,16,17)(H,18,19). The van der Waals surface area contributed by atoms with Crippen LogP contribution in [-0.4, -0.2) is 27.0 Å². The second-order valence-corrected chi connectivity index (χ2v) is 3.58. The predicted octanol–water partition coefficient (Wildman–Crippen LogP) is 1.57. The number of anilines is 1. The molecule has 0 unspecified atom stereocenters. The first-order chi connectivity index (χ1) is 9.06. The Hall–Kier alpha value is -2.83. The zero-order valence-corrected chi connectivity index (χ0v) is 9.50. The first-order valence-corrected chi connectivity index (χ1v) is 5.17. The van der Waals surface area contributed by atoms with Crippen molar-refractivity contribution in [3.8, 4) is 0 Å². The molecule has 0 atom stereocenters. The highest BCUT2D eigenvalue weighted by atomic mass is 19.1. The van der Waals surface area contributed by atoms with Gasteiger partial charge in [-0.1, -0.05) is 0 Å². The van der Waals surface area contributed by atoms with Crippen molar-refractivity contribution in [2.45, 2.75) is 0 Å². The van der Waals surface area contributed by atoms with Crippen molar-refractivity contribution in [2.75, 3.05) is 5.32 Å². The lowest BCUT2D eigenvalue weighted by atomic mass is 10.2. The zero-order valence-electron chi connectivity index (χ0n) is 9.50. The molecule has 0 aliphatic rings. The number of carbonyl (C=O) groups excluding carboxylic acids is 1. The van der Waals surface area contributed by atoms with Crippen LogP contribution in [0.1, 0.15) is 20.8 Å². The summed E-state index contributed by atoms with van der Waals surface area (Å²) < 4.78 is 12.6. The molecule has 96 valence electrons. The Morgan fingerprint density at radius 3 is 2.63 bits per heavy atom. The third-order valence-electron chi connectivity index (χ3n) is 2.20. The molecule has 1 amide bonds. The average molecular weight is 261 g/mol. The van der Waals surface area contributed by atoms with Gasteiger partial charge in [-0.25, -0.2) is 14.2 Å². The predicted molar refractivity (Wildman–Crippen MR) is 63.3 cm³/mol. The topological polar surface area (TPSA) is 92.2 Å². The molecule has 7 heteroatoms. The molecule has 19 heavy (non-hydrogen) atoms. The van der Waals surface area contributed by atoms with Crippen molar-refractivity contribution in [3.05, 3.63) is 53.9 Å². The van der Waals surface area contributed by atoms with Crippen molar-refractivity contribution in [3.63, 3.8) is 0 Å². The second kappa shape index (κ2) is 5.21. The van der Waals surface area contributed by atoms with E-state index in [4.69, 9.17) is 5.11 Å². The largest absolute Gasteiger partial charge is 0.478 e. The number of rotatable bonds is 3. The summed E-state index contributed by atoms with van der Waals surface area (Å²) in [7, 11) is 0. The van der Waals surface area contributed by atoms with Crippen LogP contribution in [-0.2, 0) is 0 Å². The first kappa shape index (κ1) is 12.6. The summed E-state index contributed by atoms with van der Waals surface area (Å²) in [5, 5.41) is 11.2. The average Bonchev–Trinajstić information content (AvgIpc) is 2.39. The van der Waals surface area contributed by atoms with Crippen LogP contribution in [0.25, 0.3) is 0 Å². The SMILES string of the molecule is O=C(O)c1cncc(NC(=O)c2ccc(F)cn2)c1. The third kappa shape index (κ3) is 3.09. The summed E-state index contributed by atoms with van der Waals surface area (Å²) in [4.78, 5) is 29.8. The van der Waals surface area contributed by atoms with Crippen molar-refractivity contribution in [1.82, 2.24) is 9.97 Å². The number of carboxylic acid groups (broad SMARTS) is 1. The van der Waals surface area contributed by atoms with E-state index in [0.29, 0.717) is 0 Å². The number of aromatic nitrogens is 2. The Labute approximate surface area is 106 Å². The minimum absolute atomic E-state index is 0.0159. The number of carbonyl (C=O) groups is 2. The maximum atomic E-state index is 12.6. The second-order valence-electron chi connectivity index (χ2n) is 3.58. The molecule has 6 nitrogen and oxygen atoms in total. The van der Waals surface area contributed by atoms with E-state index in [1.165, 1.54) is 18.3 Å². The molecule has 2 rings (SSSR count). The van der Waals surface area contributed by atoms with E-state index < -0.39 is 17.7 Å². The molecule has 0 saturated heterocycles. The number of halogens is 1. The van der Waals surface area contributed by atoms with Crippen LogP contribution in [0.5, 0.6) is 0 Å². The number of pyridine rings is 2. The number of carboxylic acids is 1. The van der Waals surface area contributed by atoms with Gasteiger partial charge in [0.15, 0.2) is 0 Å². The van der Waals surface area contributed by atoms with Gasteiger partial charge in [0.2, 0.25) is 0 Å². The minimum atomic E-state index is -1.15. The molecule has 0 bridgehead atoms. The molecule has 0 aromatic carbocycles. The molecular formula is C12H8FN3O3. The highest BCUT2D eigenvalue weighted by molar-refractivity contribution is 6.03. The van der Waals surface area contributed by atoms with Crippen LogP contribution in [0.2, 0.25) is 0 Å². The molecule has 0 spiro atoms. The molecular weight excluding hydrogens is 253 g/mol. The zero-order chi connectivity index (χ0) is 13.8. The van der Waals surface area contributed by atoms with E-state index in [2.05, 4.69) is 15.3 Å². The van der Waals surface area contributed by atoms with Gasteiger partial charge >= 0.3 is 5.97 Å². The maximum Gasteiger partial charge on any atom is 0.337 e. The fourth-order valence-corrected chi connectivity index (χ4v) is 1.33. The van der Waals surface area contributed by atoms with Gasteiger partial charge in [-0.3, -0.25) is 9.78 Å². The molecule has 2 aromatic heterocycles. The molecule has 0 saturated carbocycles. The van der Waals surface area contributed by atoms with Crippen LogP contribution in [0.3, 0.4) is 0 Å². The lowest BCUT2D eigenvalue weighted by Gasteiger charge is -2.04. The van der Waals surface area contributed by atoms with Crippen LogP contribution in [0.4, 0.5) is 10.1 Å². The van der Waals surface area contributed by atoms with Crippen LogP contribution in [0.15, 0.2) is 36.8 Å². The van der Waals surface area contributed by atoms with Gasteiger partial charge in [0, 0.05) is 6.20 Å². The highest BCUT2D eigenvalue weighted by Gasteiger charge is 2.10. The number of amides is 1. The van der Waals surface area contributed by atoms with Crippen LogP contribution < -0.4 is 5.32 Å². The van der Waals surface area contributed by atoms with Gasteiger partial charge in [0.05, 0.1) is 23.6 Å². The molecule has 0 fully saturated rings. The molecule has 0 radical (unpaired) electrons. The Kier molecular flexibility index (Phi) is 3.46. The van der Waals surface area contributed by atoms with Crippen molar-refractivity contribution >= 4 is 17.6 Å². The monoisotopic (exact) mass is 261 g/mol. The van der Waals surface area contributed by atoms with E-state index in [0.717, 1.165) is 18.5 Å². The highest BCUT2D eigenvalue weighted by Crippen LogP contribution is 2.10. The summed E-state index contributed by atoms with van der Waals surface area (Å²) in [6, 6.07) is 3.59. The summed E-state index contributed by atoms with van der Waals surface area (Å²) in [6.07, 6.45) is 3.38. The number of nitrogens with zero attached hydrogens (tertiary/aromatic N) is 2. The van der Waals surface area contributed by atoms with Gasteiger partial charge in [0.1, 0.15) is 11.5 Å². The lowest BCUT2D eigenvalue weighted by molar-refractivity contribution is 0.0696. The van der Waals surface area contributed by atoms with E-state index in [1.54, 1.807) is 0 Å². The van der Waals surface area contributed by atoms with Gasteiger partial charge in [-0.2, -0.15) is 0 Å². The first-order valence-electron chi connectivity index (χ1n) is 5.17. The Bertz CT molecular complexity index is 628. The number of aromatic carboxylic acids is 1. The van der Waals surface area contributed by atoms with Gasteiger partial charge in [-0.05, 0) is 18.2 Å². The fraction of sp³-hybridized carbons (Fsp3) is 0. The summed E-state index contributed by atoms with van der Waals surface area (Å²) in [6.45, 7) is 0. The molecule has 2 heterocycles. The summed E-state index contributed by atoms with van der Waals surface area (Å²) in [5.41, 5.74) is 0.183. The molecule has 2 aromatic rings. The minimum Gasteiger partial charge on any atom is -0.478 e. The fourth-order valence-electron chi connectivity index (χ4n) is 1.33. The van der Waals surface area contributed by atoms with E-state index in [1.807, 2.05) is 0 Å². The van der Waals surface area contributed by atoms with Crippen molar-refractivity contribution < 1.29 is 19.1 Å². The Balaban J connectivity index is 2.17. The summed E-state index contributed by atoms with van der Waals surface area (Å²) >= 11 is 0. The normalized spacial score (nSPS) is 9.95. The quantitative estimate of drug-likeness (QED) is 0.874. The molecule has 2 N–H and O–H groups in total. The van der Waals surface area contributed by atoms with Crippen molar-refractivity contribution in [2.24, 2.45) is 0 Å². The van der Waals surface area contributed by atoms with Crippen molar-refractivity contribution in [1.29, 1.82) is 0 Å². The number of hydrogen-bond acceptors (Lipinski definition) is 4. The lowest BCUT2D eigenvalue weighted by Crippen LogP contribution is -2.14. The Morgan fingerprint density at radius 2 is 2.00 bits per heavy atom. The van der Waals surface area contributed by atoms with E-state index in [-0.39, 0.29) is 16.9 Å². The van der Waals surface area contributed by atoms with Gasteiger partial charge in [-0.15, -0.1) is 0 Å². The molecule has 0 aliphatic carbocycles. The van der Waals surface area contributed by atoms with Crippen LogP contribution in [0, 0.1) is 5.82 Å². The van der Waals surface area contributed by atoms with Crippen LogP contribution >= 0.6 is 0 Å². The molecule has 0 aliphatic heterocycles. The van der Waals surface area contributed by atoms with E-state index in [9.17, 15) is 14.0 Å². The maximum absolute atomic E-state index is 12.6. The van der Waals surface area contributed by atoms with Gasteiger partial charge < -0.3 is 10.4 Å². The van der Waals surface area contributed by atoms with E-state index >= 15 is 0 Å².